The SMILES string of the molecule is CC(C)CN(C)C.CCCC(CCC)c1nc(-c2ccc3c(c2)C(C)(C)CCC3(C)C)cs1. The van der Waals surface area contributed by atoms with Crippen LogP contribution in [-0.4, -0.2) is 30.5 Å². The molecule has 1 aromatic heterocycles. The van der Waals surface area contributed by atoms with E-state index in [0.29, 0.717) is 5.92 Å². The number of hydrogen-bond donors (Lipinski definition) is 0. The summed E-state index contributed by atoms with van der Waals surface area (Å²) in [6, 6.07) is 7.11. The first-order valence-electron chi connectivity index (χ1n) is 13.2. The maximum Gasteiger partial charge on any atom is 0.0963 e. The first-order chi connectivity index (χ1) is 15.4. The predicted octanol–water partition coefficient (Wildman–Crippen LogP) is 9.05. The predicted molar refractivity (Wildman–Crippen MR) is 149 cm³/mol. The normalized spacial score (nSPS) is 16.6. The van der Waals surface area contributed by atoms with Crippen LogP contribution < -0.4 is 0 Å². The van der Waals surface area contributed by atoms with E-state index in [1.54, 1.807) is 0 Å². The molecule has 0 saturated heterocycles. The standard InChI is InChI=1S/C24H35NS.C6H15N/c1-7-9-17(10-8-2)22-25-21(16-26-22)18-11-12-19-20(15-18)24(5,6)14-13-23(19,3)4;1-6(2)5-7(3)4/h11-12,15-17H,7-10,13-14H2,1-6H3;6H,5H2,1-4H3. The van der Waals surface area contributed by atoms with Gasteiger partial charge in [-0.25, -0.2) is 4.98 Å². The van der Waals surface area contributed by atoms with Gasteiger partial charge >= 0.3 is 0 Å². The molecule has 0 unspecified atom stereocenters. The van der Waals surface area contributed by atoms with E-state index in [9.17, 15) is 0 Å². The van der Waals surface area contributed by atoms with Gasteiger partial charge in [0.2, 0.25) is 0 Å². The molecule has 0 N–H and O–H groups in total. The van der Waals surface area contributed by atoms with Gasteiger partial charge in [0.25, 0.3) is 0 Å². The zero-order valence-electron chi connectivity index (χ0n) is 23.2. The van der Waals surface area contributed by atoms with Crippen LogP contribution in [0.5, 0.6) is 0 Å². The van der Waals surface area contributed by atoms with Crippen LogP contribution in [0.2, 0.25) is 0 Å². The number of fused-ring (bicyclic) bond motifs is 1. The highest BCUT2D eigenvalue weighted by Gasteiger charge is 2.37. The van der Waals surface area contributed by atoms with Gasteiger partial charge in [0.15, 0.2) is 0 Å². The van der Waals surface area contributed by atoms with E-state index in [4.69, 9.17) is 4.98 Å². The Morgan fingerprint density at radius 1 is 0.939 bits per heavy atom. The Labute approximate surface area is 209 Å². The van der Waals surface area contributed by atoms with Crippen molar-refractivity contribution < 1.29 is 0 Å². The summed E-state index contributed by atoms with van der Waals surface area (Å²) in [5.74, 6) is 1.44. The second kappa shape index (κ2) is 12.0. The maximum atomic E-state index is 5.07. The average molecular weight is 471 g/mol. The van der Waals surface area contributed by atoms with Crippen molar-refractivity contribution in [1.29, 1.82) is 0 Å². The molecule has 1 heterocycles. The molecular formula is C30H50N2S. The zero-order chi connectivity index (χ0) is 24.8. The van der Waals surface area contributed by atoms with Gasteiger partial charge < -0.3 is 4.90 Å². The first-order valence-corrected chi connectivity index (χ1v) is 14.0. The van der Waals surface area contributed by atoms with E-state index in [1.807, 2.05) is 11.3 Å². The molecule has 0 radical (unpaired) electrons. The molecule has 1 aliphatic carbocycles. The number of thiazole rings is 1. The van der Waals surface area contributed by atoms with Crippen LogP contribution in [0.4, 0.5) is 0 Å². The second-order valence-electron chi connectivity index (χ2n) is 12.0. The first kappa shape index (κ1) is 28.1. The lowest BCUT2D eigenvalue weighted by Gasteiger charge is -2.42. The second-order valence-corrected chi connectivity index (χ2v) is 12.9. The highest BCUT2D eigenvalue weighted by Crippen LogP contribution is 2.47. The summed E-state index contributed by atoms with van der Waals surface area (Å²) < 4.78 is 0. The highest BCUT2D eigenvalue weighted by molar-refractivity contribution is 7.10. The molecule has 3 rings (SSSR count). The van der Waals surface area contributed by atoms with Gasteiger partial charge in [0.05, 0.1) is 10.7 Å². The van der Waals surface area contributed by atoms with Crippen molar-refractivity contribution in [3.63, 3.8) is 0 Å². The lowest BCUT2D eigenvalue weighted by Crippen LogP contribution is -2.33. The van der Waals surface area contributed by atoms with Crippen molar-refractivity contribution in [1.82, 2.24) is 9.88 Å². The molecule has 2 nitrogen and oxygen atoms in total. The molecule has 0 spiro atoms. The lowest BCUT2D eigenvalue weighted by molar-refractivity contribution is 0.332. The smallest absolute Gasteiger partial charge is 0.0963 e. The Balaban J connectivity index is 0.000000479. The summed E-state index contributed by atoms with van der Waals surface area (Å²) in [7, 11) is 4.19. The Morgan fingerprint density at radius 2 is 1.52 bits per heavy atom. The number of rotatable bonds is 8. The van der Waals surface area contributed by atoms with E-state index >= 15 is 0 Å². The van der Waals surface area contributed by atoms with Crippen LogP contribution in [0.25, 0.3) is 11.3 Å². The van der Waals surface area contributed by atoms with E-state index in [1.165, 1.54) is 72.5 Å². The van der Waals surface area contributed by atoms with Crippen LogP contribution in [0.15, 0.2) is 23.6 Å². The minimum atomic E-state index is 0.257. The summed E-state index contributed by atoms with van der Waals surface area (Å²) >= 11 is 1.86. The number of nitrogens with zero attached hydrogens (tertiary/aromatic N) is 2. The Hall–Kier alpha value is -1.19. The quantitative estimate of drug-likeness (QED) is 0.382. The molecule has 0 amide bonds. The van der Waals surface area contributed by atoms with Crippen molar-refractivity contribution >= 4 is 11.3 Å². The zero-order valence-corrected chi connectivity index (χ0v) is 24.0. The molecule has 33 heavy (non-hydrogen) atoms. The number of aromatic nitrogens is 1. The fraction of sp³-hybridized carbons (Fsp3) is 0.700. The number of hydrogen-bond acceptors (Lipinski definition) is 3. The van der Waals surface area contributed by atoms with Gasteiger partial charge in [-0.3, -0.25) is 0 Å². The summed E-state index contributed by atoms with van der Waals surface area (Å²) in [5, 5.41) is 3.61. The topological polar surface area (TPSA) is 16.1 Å². The molecule has 0 aliphatic heterocycles. The summed E-state index contributed by atoms with van der Waals surface area (Å²) in [5.41, 5.74) is 6.06. The molecule has 0 fully saturated rings. The third-order valence-corrected chi connectivity index (χ3v) is 8.03. The molecule has 0 atom stereocenters. The van der Waals surface area contributed by atoms with Gasteiger partial charge in [-0.1, -0.05) is 80.4 Å². The monoisotopic (exact) mass is 470 g/mol. The summed E-state index contributed by atoms with van der Waals surface area (Å²) in [4.78, 5) is 7.27. The molecule has 3 heteroatoms. The van der Waals surface area contributed by atoms with Crippen molar-refractivity contribution in [3.05, 3.63) is 39.7 Å². The highest BCUT2D eigenvalue weighted by atomic mass is 32.1. The van der Waals surface area contributed by atoms with Gasteiger partial charge in [0.1, 0.15) is 0 Å². The van der Waals surface area contributed by atoms with Crippen LogP contribution in [-0.2, 0) is 10.8 Å². The molecule has 186 valence electrons. The van der Waals surface area contributed by atoms with Crippen LogP contribution in [0, 0.1) is 5.92 Å². The van der Waals surface area contributed by atoms with E-state index in [-0.39, 0.29) is 10.8 Å². The minimum absolute atomic E-state index is 0.257. The van der Waals surface area contributed by atoms with Crippen molar-refractivity contribution in [2.45, 2.75) is 111 Å². The largest absolute Gasteiger partial charge is 0.309 e. The maximum absolute atomic E-state index is 5.07. The van der Waals surface area contributed by atoms with Crippen LogP contribution in [0.1, 0.15) is 116 Å². The van der Waals surface area contributed by atoms with Gasteiger partial charge in [-0.2, -0.15) is 0 Å². The molecule has 0 saturated carbocycles. The molecule has 2 aromatic rings. The summed E-state index contributed by atoms with van der Waals surface area (Å²) in [6.07, 6.45) is 7.51. The van der Waals surface area contributed by atoms with Crippen molar-refractivity contribution in [3.8, 4) is 11.3 Å². The Bertz CT molecular complexity index is 848. The third kappa shape index (κ3) is 7.65. The summed E-state index contributed by atoms with van der Waals surface area (Å²) in [6.45, 7) is 19.8. The van der Waals surface area contributed by atoms with E-state index < -0.39 is 0 Å². The number of benzene rings is 1. The fourth-order valence-corrected chi connectivity index (χ4v) is 6.17. The van der Waals surface area contributed by atoms with E-state index in [2.05, 4.69) is 98.0 Å². The van der Waals surface area contributed by atoms with Crippen LogP contribution >= 0.6 is 11.3 Å². The lowest BCUT2D eigenvalue weighted by atomic mass is 9.63. The molecule has 1 aliphatic rings. The van der Waals surface area contributed by atoms with Gasteiger partial charge in [0, 0.05) is 16.9 Å². The molecule has 1 aromatic carbocycles. The molecule has 0 bridgehead atoms. The third-order valence-electron chi connectivity index (χ3n) is 7.02. The Morgan fingerprint density at radius 3 is 2.00 bits per heavy atom. The fourth-order valence-electron chi connectivity index (χ4n) is 5.17. The van der Waals surface area contributed by atoms with Crippen molar-refractivity contribution in [2.24, 2.45) is 5.92 Å². The van der Waals surface area contributed by atoms with Crippen LogP contribution in [0.3, 0.4) is 0 Å². The minimum Gasteiger partial charge on any atom is -0.309 e. The van der Waals surface area contributed by atoms with E-state index in [0.717, 1.165) is 5.92 Å². The Kier molecular flexibility index (Phi) is 10.2. The average Bonchev–Trinajstić information content (AvgIpc) is 3.21. The molecular weight excluding hydrogens is 420 g/mol. The van der Waals surface area contributed by atoms with Gasteiger partial charge in [-0.05, 0) is 80.3 Å². The van der Waals surface area contributed by atoms with Crippen molar-refractivity contribution in [2.75, 3.05) is 20.6 Å². The van der Waals surface area contributed by atoms with Gasteiger partial charge in [-0.15, -0.1) is 11.3 Å².